The zero-order valence-electron chi connectivity index (χ0n) is 15.5. The summed E-state index contributed by atoms with van der Waals surface area (Å²) in [6.07, 6.45) is 4.67. The van der Waals surface area contributed by atoms with Crippen LogP contribution in [0.25, 0.3) is 0 Å². The minimum Gasteiger partial charge on any atom is -0.481 e. The lowest BCUT2D eigenvalue weighted by atomic mass is 9.74. The van der Waals surface area contributed by atoms with Gasteiger partial charge in [-0.2, -0.15) is 4.31 Å². The Kier molecular flexibility index (Phi) is 5.58. The Bertz CT molecular complexity index is 832. The monoisotopic (exact) mass is 394 g/mol. The number of benzene rings is 1. The number of carbonyl (C=O) groups is 2. The van der Waals surface area contributed by atoms with Crippen molar-refractivity contribution in [1.29, 1.82) is 0 Å². The molecule has 1 aliphatic heterocycles. The van der Waals surface area contributed by atoms with E-state index in [9.17, 15) is 18.0 Å². The highest BCUT2D eigenvalue weighted by molar-refractivity contribution is 7.89. The first-order valence-electron chi connectivity index (χ1n) is 9.40. The van der Waals surface area contributed by atoms with E-state index in [1.807, 2.05) is 6.92 Å². The largest absolute Gasteiger partial charge is 0.481 e. The smallest absolute Gasteiger partial charge is 0.305 e. The van der Waals surface area contributed by atoms with Crippen LogP contribution in [0.4, 0.5) is 0 Å². The van der Waals surface area contributed by atoms with E-state index in [2.05, 4.69) is 5.32 Å². The van der Waals surface area contributed by atoms with Gasteiger partial charge in [0, 0.05) is 18.2 Å². The first kappa shape index (κ1) is 19.8. The summed E-state index contributed by atoms with van der Waals surface area (Å²) >= 11 is 0. The van der Waals surface area contributed by atoms with Crippen LogP contribution in [0.1, 0.15) is 62.2 Å². The van der Waals surface area contributed by atoms with E-state index in [1.54, 1.807) is 12.1 Å². The fourth-order valence-electron chi connectivity index (χ4n) is 3.91. The van der Waals surface area contributed by atoms with Gasteiger partial charge >= 0.3 is 5.97 Å². The fourth-order valence-corrected chi connectivity index (χ4v) is 5.66. The summed E-state index contributed by atoms with van der Waals surface area (Å²) in [5.74, 6) is -1.38. The van der Waals surface area contributed by atoms with Gasteiger partial charge in [0.1, 0.15) is 0 Å². The Labute approximate surface area is 159 Å². The molecule has 3 rings (SSSR count). The van der Waals surface area contributed by atoms with Crippen molar-refractivity contribution in [2.45, 2.75) is 68.3 Å². The van der Waals surface area contributed by atoms with Crippen molar-refractivity contribution in [2.24, 2.45) is 0 Å². The second kappa shape index (κ2) is 7.59. The molecule has 1 unspecified atom stereocenters. The molecule has 27 heavy (non-hydrogen) atoms. The number of nitrogens with one attached hydrogen (secondary N) is 1. The molecule has 7 nitrogen and oxygen atoms in total. The van der Waals surface area contributed by atoms with Gasteiger partial charge in [0.25, 0.3) is 5.91 Å². The van der Waals surface area contributed by atoms with Crippen molar-refractivity contribution < 1.29 is 23.1 Å². The maximum absolute atomic E-state index is 13.0. The molecule has 148 valence electrons. The minimum atomic E-state index is -3.66. The molecule has 1 aliphatic carbocycles. The molecule has 1 saturated heterocycles. The van der Waals surface area contributed by atoms with E-state index in [-0.39, 0.29) is 22.9 Å². The quantitative estimate of drug-likeness (QED) is 0.771. The van der Waals surface area contributed by atoms with Crippen molar-refractivity contribution in [3.05, 3.63) is 29.8 Å². The summed E-state index contributed by atoms with van der Waals surface area (Å²) in [7, 11) is -3.66. The lowest BCUT2D eigenvalue weighted by molar-refractivity contribution is -0.139. The Morgan fingerprint density at radius 3 is 2.59 bits per heavy atom. The van der Waals surface area contributed by atoms with Crippen LogP contribution in [0.2, 0.25) is 0 Å². The van der Waals surface area contributed by atoms with Crippen molar-refractivity contribution in [2.75, 3.05) is 6.54 Å². The number of piperidine rings is 1. The molecule has 1 saturated carbocycles. The molecule has 0 bridgehead atoms. The maximum Gasteiger partial charge on any atom is 0.305 e. The molecule has 2 N–H and O–H groups in total. The van der Waals surface area contributed by atoms with Gasteiger partial charge in [0.2, 0.25) is 10.0 Å². The number of hydrogen-bond acceptors (Lipinski definition) is 4. The SMILES string of the molecule is CC1CCCCN1S(=O)(=O)c1cccc(C(=O)NC2(CC(=O)O)CCC2)c1. The number of aliphatic carboxylic acids is 1. The molecule has 0 spiro atoms. The number of hydrogen-bond donors (Lipinski definition) is 2. The van der Waals surface area contributed by atoms with Crippen LogP contribution in [0.3, 0.4) is 0 Å². The maximum atomic E-state index is 13.0. The molecule has 1 heterocycles. The van der Waals surface area contributed by atoms with E-state index in [0.29, 0.717) is 19.4 Å². The lowest BCUT2D eigenvalue weighted by Gasteiger charge is -2.41. The van der Waals surface area contributed by atoms with Gasteiger partial charge in [-0.3, -0.25) is 9.59 Å². The molecule has 1 amide bonds. The van der Waals surface area contributed by atoms with Crippen LogP contribution < -0.4 is 5.32 Å². The molecule has 8 heteroatoms. The Morgan fingerprint density at radius 1 is 1.26 bits per heavy atom. The average Bonchev–Trinajstić information content (AvgIpc) is 2.59. The van der Waals surface area contributed by atoms with Crippen molar-refractivity contribution in [1.82, 2.24) is 9.62 Å². The average molecular weight is 394 g/mol. The standard InChI is InChI=1S/C19H26N2O5S/c1-14-6-2-3-11-21(14)27(25,26)16-8-4-7-15(12-16)18(24)20-19(9-5-10-19)13-17(22)23/h4,7-8,12,14H,2-3,5-6,9-11,13H2,1H3,(H,20,24)(H,22,23). The third-order valence-electron chi connectivity index (χ3n) is 5.62. The van der Waals surface area contributed by atoms with Crippen LogP contribution >= 0.6 is 0 Å². The van der Waals surface area contributed by atoms with Gasteiger partial charge < -0.3 is 10.4 Å². The summed E-state index contributed by atoms with van der Waals surface area (Å²) in [6.45, 7) is 2.39. The van der Waals surface area contributed by atoms with Gasteiger partial charge in [0.15, 0.2) is 0 Å². The molecular weight excluding hydrogens is 368 g/mol. The highest BCUT2D eigenvalue weighted by Gasteiger charge is 2.40. The predicted molar refractivity (Wildman–Crippen MR) is 99.9 cm³/mol. The van der Waals surface area contributed by atoms with Gasteiger partial charge in [0.05, 0.1) is 16.9 Å². The van der Waals surface area contributed by atoms with E-state index in [4.69, 9.17) is 5.11 Å². The molecule has 0 aromatic heterocycles. The number of carboxylic acid groups (broad SMARTS) is 1. The summed E-state index contributed by atoms with van der Waals surface area (Å²) in [4.78, 5) is 23.8. The van der Waals surface area contributed by atoms with E-state index < -0.39 is 27.4 Å². The molecule has 2 fully saturated rings. The molecule has 0 radical (unpaired) electrons. The summed E-state index contributed by atoms with van der Waals surface area (Å²) in [5, 5.41) is 11.9. The van der Waals surface area contributed by atoms with E-state index >= 15 is 0 Å². The highest BCUT2D eigenvalue weighted by atomic mass is 32.2. The van der Waals surface area contributed by atoms with E-state index in [0.717, 1.165) is 25.7 Å². The molecule has 1 aromatic carbocycles. The van der Waals surface area contributed by atoms with Gasteiger partial charge in [-0.25, -0.2) is 8.42 Å². The second-order valence-corrected chi connectivity index (χ2v) is 9.54. The molecule has 2 aliphatic rings. The van der Waals surface area contributed by atoms with Crippen LogP contribution in [0.5, 0.6) is 0 Å². The first-order valence-corrected chi connectivity index (χ1v) is 10.8. The van der Waals surface area contributed by atoms with Crippen molar-refractivity contribution in [3.8, 4) is 0 Å². The Morgan fingerprint density at radius 2 is 2.00 bits per heavy atom. The second-order valence-electron chi connectivity index (χ2n) is 7.65. The summed E-state index contributed by atoms with van der Waals surface area (Å²) < 4.78 is 27.5. The number of carboxylic acids is 1. The van der Waals surface area contributed by atoms with Gasteiger partial charge in [-0.05, 0) is 57.2 Å². The van der Waals surface area contributed by atoms with Crippen molar-refractivity contribution in [3.63, 3.8) is 0 Å². The van der Waals surface area contributed by atoms with Crippen LogP contribution in [0, 0.1) is 0 Å². The fraction of sp³-hybridized carbons (Fsp3) is 0.579. The molecule has 1 atom stereocenters. The zero-order chi connectivity index (χ0) is 19.7. The van der Waals surface area contributed by atoms with Crippen LogP contribution in [-0.2, 0) is 14.8 Å². The third-order valence-corrected chi connectivity index (χ3v) is 7.63. The number of sulfonamides is 1. The van der Waals surface area contributed by atoms with Gasteiger partial charge in [-0.1, -0.05) is 12.5 Å². The van der Waals surface area contributed by atoms with Crippen molar-refractivity contribution >= 4 is 21.9 Å². The number of rotatable bonds is 6. The summed E-state index contributed by atoms with van der Waals surface area (Å²) in [6, 6.07) is 5.94. The summed E-state index contributed by atoms with van der Waals surface area (Å²) in [5.41, 5.74) is -0.489. The van der Waals surface area contributed by atoms with Crippen LogP contribution in [0.15, 0.2) is 29.2 Å². The normalized spacial score (nSPS) is 22.6. The number of amides is 1. The van der Waals surface area contributed by atoms with E-state index in [1.165, 1.54) is 16.4 Å². The van der Waals surface area contributed by atoms with Gasteiger partial charge in [-0.15, -0.1) is 0 Å². The zero-order valence-corrected chi connectivity index (χ0v) is 16.3. The highest BCUT2D eigenvalue weighted by Crippen LogP contribution is 2.35. The third kappa shape index (κ3) is 4.16. The molecular formula is C19H26N2O5S. The lowest BCUT2D eigenvalue weighted by Crippen LogP contribution is -2.54. The predicted octanol–water partition coefficient (Wildman–Crippen LogP) is 2.38. The minimum absolute atomic E-state index is 0.0601. The Balaban J connectivity index is 1.80. The Hall–Kier alpha value is -1.93. The number of carbonyl (C=O) groups excluding carboxylic acids is 1. The van der Waals surface area contributed by atoms with Crippen LogP contribution in [-0.4, -0.2) is 47.8 Å². The number of nitrogens with zero attached hydrogens (tertiary/aromatic N) is 1. The first-order chi connectivity index (χ1) is 12.7. The topological polar surface area (TPSA) is 104 Å². The molecule has 1 aromatic rings.